The normalized spacial score (nSPS) is 12.5. The third kappa shape index (κ3) is 3.21. The van der Waals surface area contributed by atoms with Crippen molar-refractivity contribution in [2.75, 3.05) is 0 Å². The molecule has 0 aromatic carbocycles. The van der Waals surface area contributed by atoms with E-state index in [4.69, 9.17) is 0 Å². The van der Waals surface area contributed by atoms with E-state index in [0.717, 1.165) is 0 Å². The van der Waals surface area contributed by atoms with E-state index in [1.807, 2.05) is 0 Å². The fourth-order valence-electron chi connectivity index (χ4n) is 0.313. The number of aliphatic imine (C=N–C) groups is 1. The molecule has 0 aliphatic heterocycles. The summed E-state index contributed by atoms with van der Waals surface area (Å²) in [5.41, 5.74) is 0.627. The van der Waals surface area contributed by atoms with Gasteiger partial charge in [-0.1, -0.05) is 0 Å². The Morgan fingerprint density at radius 2 is 2.25 bits per heavy atom. The van der Waals surface area contributed by atoms with Crippen molar-refractivity contribution < 1.29 is 0 Å². The van der Waals surface area contributed by atoms with Crippen LogP contribution in [0.1, 0.15) is 13.8 Å². The van der Waals surface area contributed by atoms with Crippen LogP contribution in [0.2, 0.25) is 0 Å². The minimum absolute atomic E-state index is 0.627. The molecule has 0 amide bonds. The van der Waals surface area contributed by atoms with E-state index in [1.54, 1.807) is 20.1 Å². The maximum Gasteiger partial charge on any atom is 0.0926 e. The lowest BCUT2D eigenvalue weighted by Crippen LogP contribution is -1.65. The quantitative estimate of drug-likeness (QED) is 0.396. The number of nitroso groups, excluding NO2 is 1. The Kier molecular flexibility index (Phi) is 3.66. The predicted molar refractivity (Wildman–Crippen MR) is 33.7 cm³/mol. The van der Waals surface area contributed by atoms with Gasteiger partial charge >= 0.3 is 0 Å². The predicted octanol–water partition coefficient (Wildman–Crippen LogP) is 1.70. The second-order valence-electron chi connectivity index (χ2n) is 1.26. The van der Waals surface area contributed by atoms with E-state index in [0.29, 0.717) is 5.70 Å². The van der Waals surface area contributed by atoms with Crippen molar-refractivity contribution in [3.63, 3.8) is 0 Å². The van der Waals surface area contributed by atoms with Gasteiger partial charge in [-0.25, -0.2) is 0 Å². The van der Waals surface area contributed by atoms with Crippen molar-refractivity contribution in [3.8, 4) is 0 Å². The molecule has 0 heterocycles. The van der Waals surface area contributed by atoms with E-state index in [2.05, 4.69) is 10.2 Å². The molecule has 3 heteroatoms. The van der Waals surface area contributed by atoms with Gasteiger partial charge in [0.05, 0.1) is 11.9 Å². The largest absolute Gasteiger partial charge is 0.265 e. The SMILES string of the molecule is CC=N/C(C)=C/N=O. The number of hydrogen-bond donors (Lipinski definition) is 0. The van der Waals surface area contributed by atoms with Crippen LogP contribution in [0, 0.1) is 4.91 Å². The molecule has 0 unspecified atom stereocenters. The van der Waals surface area contributed by atoms with Crippen molar-refractivity contribution in [2.45, 2.75) is 13.8 Å². The second-order valence-corrected chi connectivity index (χ2v) is 1.26. The standard InChI is InChI=1S/C5H8N2O/c1-3-6-5(2)4-7-8/h3-4H,1-2H3/b5-4+,6-3?. The minimum Gasteiger partial charge on any atom is -0.265 e. The first-order chi connectivity index (χ1) is 3.81. The van der Waals surface area contributed by atoms with Crippen LogP contribution in [-0.4, -0.2) is 6.21 Å². The van der Waals surface area contributed by atoms with Gasteiger partial charge in [-0.05, 0) is 19.0 Å². The summed E-state index contributed by atoms with van der Waals surface area (Å²) in [6, 6.07) is 0. The fourth-order valence-corrected chi connectivity index (χ4v) is 0.313. The van der Waals surface area contributed by atoms with Crippen molar-refractivity contribution in [1.82, 2.24) is 0 Å². The number of rotatable bonds is 2. The zero-order valence-electron chi connectivity index (χ0n) is 4.96. The van der Waals surface area contributed by atoms with Crippen molar-refractivity contribution >= 4 is 6.21 Å². The second kappa shape index (κ2) is 4.18. The number of allylic oxidation sites excluding steroid dienone is 1. The topological polar surface area (TPSA) is 41.8 Å². The highest BCUT2D eigenvalue weighted by molar-refractivity contribution is 5.54. The summed E-state index contributed by atoms with van der Waals surface area (Å²) in [7, 11) is 0. The van der Waals surface area contributed by atoms with Crippen LogP contribution in [-0.2, 0) is 0 Å². The highest BCUT2D eigenvalue weighted by Gasteiger charge is 1.75. The van der Waals surface area contributed by atoms with E-state index < -0.39 is 0 Å². The molecular weight excluding hydrogens is 104 g/mol. The average molecular weight is 112 g/mol. The zero-order chi connectivity index (χ0) is 6.41. The molecule has 0 aromatic rings. The molecule has 0 aliphatic rings. The maximum atomic E-state index is 9.49. The first kappa shape index (κ1) is 7.01. The van der Waals surface area contributed by atoms with E-state index >= 15 is 0 Å². The molecule has 0 atom stereocenters. The van der Waals surface area contributed by atoms with E-state index in [9.17, 15) is 4.91 Å². The summed E-state index contributed by atoms with van der Waals surface area (Å²) in [6.07, 6.45) is 2.77. The molecule has 0 saturated carbocycles. The summed E-state index contributed by atoms with van der Waals surface area (Å²) in [4.78, 5) is 13.2. The summed E-state index contributed by atoms with van der Waals surface area (Å²) in [6.45, 7) is 3.49. The average Bonchev–Trinajstić information content (AvgIpc) is 1.68. The molecule has 8 heavy (non-hydrogen) atoms. The van der Waals surface area contributed by atoms with Gasteiger partial charge in [-0.15, -0.1) is 4.91 Å². The van der Waals surface area contributed by atoms with Gasteiger partial charge in [0.15, 0.2) is 0 Å². The van der Waals surface area contributed by atoms with Gasteiger partial charge in [0.25, 0.3) is 0 Å². The molecule has 0 N–H and O–H groups in total. The molecule has 0 spiro atoms. The Bertz CT molecular complexity index is 126. The van der Waals surface area contributed by atoms with Gasteiger partial charge < -0.3 is 0 Å². The van der Waals surface area contributed by atoms with Crippen LogP contribution < -0.4 is 0 Å². The summed E-state index contributed by atoms with van der Waals surface area (Å²) in [5.74, 6) is 0. The third-order valence-electron chi connectivity index (χ3n) is 0.572. The van der Waals surface area contributed by atoms with Gasteiger partial charge in [0, 0.05) is 6.21 Å². The first-order valence-electron chi connectivity index (χ1n) is 2.29. The molecule has 0 radical (unpaired) electrons. The van der Waals surface area contributed by atoms with Crippen LogP contribution in [0.5, 0.6) is 0 Å². The zero-order valence-corrected chi connectivity index (χ0v) is 4.96. The van der Waals surface area contributed by atoms with Gasteiger partial charge in [-0.2, -0.15) is 0 Å². The molecule has 0 rings (SSSR count). The lowest BCUT2D eigenvalue weighted by atomic mass is 10.5. The Morgan fingerprint density at radius 1 is 1.62 bits per heavy atom. The van der Waals surface area contributed by atoms with Gasteiger partial charge in [-0.3, -0.25) is 4.99 Å². The van der Waals surface area contributed by atoms with E-state index in [-0.39, 0.29) is 0 Å². The molecule has 44 valence electrons. The van der Waals surface area contributed by atoms with Gasteiger partial charge in [0.1, 0.15) is 0 Å². The van der Waals surface area contributed by atoms with Crippen molar-refractivity contribution in [2.24, 2.45) is 10.2 Å². The fraction of sp³-hybridized carbons (Fsp3) is 0.400. The molecule has 0 aliphatic carbocycles. The van der Waals surface area contributed by atoms with Crippen LogP contribution in [0.25, 0.3) is 0 Å². The van der Waals surface area contributed by atoms with Crippen LogP contribution in [0.4, 0.5) is 0 Å². The lowest BCUT2D eigenvalue weighted by Gasteiger charge is -1.80. The Hall–Kier alpha value is -0.990. The van der Waals surface area contributed by atoms with Crippen molar-refractivity contribution in [3.05, 3.63) is 16.8 Å². The Labute approximate surface area is 48.1 Å². The molecule has 0 saturated heterocycles. The summed E-state index contributed by atoms with van der Waals surface area (Å²) >= 11 is 0. The highest BCUT2D eigenvalue weighted by Crippen LogP contribution is 1.91. The molecule has 0 fully saturated rings. The lowest BCUT2D eigenvalue weighted by molar-refractivity contribution is 1.27. The Morgan fingerprint density at radius 3 is 2.62 bits per heavy atom. The highest BCUT2D eigenvalue weighted by atomic mass is 16.2. The smallest absolute Gasteiger partial charge is 0.0926 e. The number of hydrogen-bond acceptors (Lipinski definition) is 3. The van der Waals surface area contributed by atoms with Crippen LogP contribution in [0.3, 0.4) is 0 Å². The monoisotopic (exact) mass is 112 g/mol. The van der Waals surface area contributed by atoms with E-state index in [1.165, 1.54) is 6.20 Å². The van der Waals surface area contributed by atoms with Crippen LogP contribution >= 0.6 is 0 Å². The third-order valence-corrected chi connectivity index (χ3v) is 0.572. The minimum atomic E-state index is 0.627. The summed E-state index contributed by atoms with van der Waals surface area (Å²) in [5, 5.41) is 2.53. The molecule has 0 aromatic heterocycles. The maximum absolute atomic E-state index is 9.49. The molecule has 3 nitrogen and oxygen atoms in total. The van der Waals surface area contributed by atoms with Gasteiger partial charge in [0.2, 0.25) is 0 Å². The van der Waals surface area contributed by atoms with Crippen molar-refractivity contribution in [1.29, 1.82) is 0 Å². The first-order valence-corrected chi connectivity index (χ1v) is 2.29. The molecular formula is C5H8N2O. The summed E-state index contributed by atoms with van der Waals surface area (Å²) < 4.78 is 0. The Balaban J connectivity index is 3.79. The molecule has 0 bridgehead atoms. The van der Waals surface area contributed by atoms with Crippen LogP contribution in [0.15, 0.2) is 22.1 Å². The number of nitrogens with zero attached hydrogens (tertiary/aromatic N) is 2.